The second-order valence-electron chi connectivity index (χ2n) is 4.79. The van der Waals surface area contributed by atoms with Gasteiger partial charge in [-0.2, -0.15) is 0 Å². The Morgan fingerprint density at radius 1 is 1.37 bits per heavy atom. The van der Waals surface area contributed by atoms with Crippen LogP contribution in [0.5, 0.6) is 0 Å². The van der Waals surface area contributed by atoms with Gasteiger partial charge in [-0.25, -0.2) is 8.42 Å². The molecule has 0 aliphatic heterocycles. The number of nitrogens with one attached hydrogen (secondary N) is 1. The van der Waals surface area contributed by atoms with Crippen LogP contribution < -0.4 is 5.32 Å². The third-order valence-electron chi connectivity index (χ3n) is 3.19. The summed E-state index contributed by atoms with van der Waals surface area (Å²) in [4.78, 5) is 10.4. The van der Waals surface area contributed by atoms with Gasteiger partial charge in [0.1, 0.15) is 4.21 Å². The summed E-state index contributed by atoms with van der Waals surface area (Å²) in [6, 6.07) is 1.35. The molecular formula is C11H16N2O4S2. The van der Waals surface area contributed by atoms with Crippen molar-refractivity contribution in [2.75, 3.05) is 11.6 Å². The van der Waals surface area contributed by atoms with Crippen molar-refractivity contribution in [1.82, 2.24) is 0 Å². The molecule has 2 rings (SSSR count). The summed E-state index contributed by atoms with van der Waals surface area (Å²) in [5.74, 6) is 0. The number of hydrogen-bond donors (Lipinski definition) is 1. The van der Waals surface area contributed by atoms with Crippen molar-refractivity contribution < 1.29 is 13.3 Å². The largest absolute Gasteiger partial charge is 0.369 e. The lowest BCUT2D eigenvalue weighted by Gasteiger charge is -2.22. The van der Waals surface area contributed by atoms with E-state index in [2.05, 4.69) is 5.32 Å². The summed E-state index contributed by atoms with van der Waals surface area (Å²) in [5, 5.41) is 14.5. The first kappa shape index (κ1) is 14.3. The van der Waals surface area contributed by atoms with Crippen molar-refractivity contribution in [3.05, 3.63) is 16.2 Å². The molecule has 0 spiro atoms. The Hall–Kier alpha value is -1.15. The quantitative estimate of drug-likeness (QED) is 0.682. The minimum Gasteiger partial charge on any atom is -0.369 e. The molecule has 0 bridgehead atoms. The maximum Gasteiger partial charge on any atom is 0.304 e. The van der Waals surface area contributed by atoms with Crippen LogP contribution >= 0.6 is 11.3 Å². The van der Waals surface area contributed by atoms with Gasteiger partial charge in [-0.1, -0.05) is 30.6 Å². The van der Waals surface area contributed by atoms with E-state index in [1.165, 1.54) is 6.42 Å². The average Bonchev–Trinajstić information content (AvgIpc) is 2.74. The van der Waals surface area contributed by atoms with Gasteiger partial charge in [0.2, 0.25) is 0 Å². The first-order chi connectivity index (χ1) is 8.88. The summed E-state index contributed by atoms with van der Waals surface area (Å²) in [6.45, 7) is 0. The molecule has 1 aromatic heterocycles. The van der Waals surface area contributed by atoms with Gasteiger partial charge in [0, 0.05) is 18.4 Å². The van der Waals surface area contributed by atoms with Crippen LogP contribution in [0.2, 0.25) is 0 Å². The summed E-state index contributed by atoms with van der Waals surface area (Å²) in [5.41, 5.74) is -0.143. The van der Waals surface area contributed by atoms with Crippen LogP contribution in [0.4, 0.5) is 10.7 Å². The highest BCUT2D eigenvalue weighted by molar-refractivity contribution is 7.92. The number of anilines is 1. The molecule has 0 amide bonds. The van der Waals surface area contributed by atoms with E-state index in [9.17, 15) is 18.5 Å². The van der Waals surface area contributed by atoms with Crippen LogP contribution in [0.15, 0.2) is 10.3 Å². The topological polar surface area (TPSA) is 89.3 Å². The lowest BCUT2D eigenvalue weighted by atomic mass is 9.96. The van der Waals surface area contributed by atoms with Gasteiger partial charge in [-0.15, -0.1) is 0 Å². The fourth-order valence-corrected chi connectivity index (χ4v) is 4.23. The molecule has 8 heteroatoms. The van der Waals surface area contributed by atoms with E-state index >= 15 is 0 Å². The van der Waals surface area contributed by atoms with Gasteiger partial charge in [0.15, 0.2) is 14.8 Å². The van der Waals surface area contributed by atoms with Crippen LogP contribution in [-0.4, -0.2) is 25.6 Å². The summed E-state index contributed by atoms with van der Waals surface area (Å²) < 4.78 is 23.0. The Kier molecular flexibility index (Phi) is 4.10. The molecule has 1 aromatic rings. The third-order valence-corrected chi connectivity index (χ3v) is 6.05. The van der Waals surface area contributed by atoms with Crippen LogP contribution in [0.3, 0.4) is 0 Å². The minimum atomic E-state index is -3.40. The van der Waals surface area contributed by atoms with E-state index in [0.717, 1.165) is 49.3 Å². The molecule has 1 aliphatic rings. The van der Waals surface area contributed by atoms with Gasteiger partial charge in [-0.3, -0.25) is 10.1 Å². The number of hydrogen-bond acceptors (Lipinski definition) is 6. The monoisotopic (exact) mass is 304 g/mol. The van der Waals surface area contributed by atoms with Crippen molar-refractivity contribution in [3.63, 3.8) is 0 Å². The molecule has 19 heavy (non-hydrogen) atoms. The first-order valence-corrected chi connectivity index (χ1v) is 8.83. The number of thiophene rings is 1. The normalized spacial score (nSPS) is 17.3. The summed E-state index contributed by atoms with van der Waals surface area (Å²) in [6.07, 6.45) is 6.42. The molecule has 0 unspecified atom stereocenters. The zero-order valence-electron chi connectivity index (χ0n) is 10.6. The van der Waals surface area contributed by atoms with E-state index in [4.69, 9.17) is 0 Å². The molecule has 0 aromatic carbocycles. The van der Waals surface area contributed by atoms with E-state index in [-0.39, 0.29) is 15.9 Å². The second-order valence-corrected chi connectivity index (χ2v) is 8.08. The Labute approximate surface area is 115 Å². The van der Waals surface area contributed by atoms with Crippen molar-refractivity contribution in [2.45, 2.75) is 42.4 Å². The number of nitro groups is 1. The summed E-state index contributed by atoms with van der Waals surface area (Å²) >= 11 is 0.948. The van der Waals surface area contributed by atoms with E-state index < -0.39 is 14.8 Å². The number of nitrogens with zero attached hydrogens (tertiary/aromatic N) is 1. The Morgan fingerprint density at radius 3 is 2.53 bits per heavy atom. The van der Waals surface area contributed by atoms with Crippen molar-refractivity contribution in [3.8, 4) is 0 Å². The SMILES string of the molecule is CS(=O)(=O)c1cc([N+](=O)[O-])c(NC2CCCCC2)s1. The van der Waals surface area contributed by atoms with Gasteiger partial charge in [0.05, 0.1) is 4.92 Å². The highest BCUT2D eigenvalue weighted by atomic mass is 32.2. The van der Waals surface area contributed by atoms with E-state index in [1.54, 1.807) is 0 Å². The predicted molar refractivity (Wildman–Crippen MR) is 74.6 cm³/mol. The smallest absolute Gasteiger partial charge is 0.304 e. The minimum absolute atomic E-state index is 0.0394. The molecule has 1 aliphatic carbocycles. The Morgan fingerprint density at radius 2 is 2.00 bits per heavy atom. The highest BCUT2D eigenvalue weighted by Gasteiger charge is 2.25. The third kappa shape index (κ3) is 3.44. The van der Waals surface area contributed by atoms with Gasteiger partial charge < -0.3 is 5.32 Å². The fraction of sp³-hybridized carbons (Fsp3) is 0.636. The highest BCUT2D eigenvalue weighted by Crippen LogP contribution is 2.38. The van der Waals surface area contributed by atoms with Gasteiger partial charge >= 0.3 is 5.69 Å². The molecule has 1 fully saturated rings. The zero-order valence-corrected chi connectivity index (χ0v) is 12.2. The van der Waals surface area contributed by atoms with E-state index in [0.29, 0.717) is 5.00 Å². The molecule has 0 radical (unpaired) electrons. The maximum atomic E-state index is 11.5. The van der Waals surface area contributed by atoms with Crippen molar-refractivity contribution >= 4 is 31.9 Å². The molecule has 1 saturated carbocycles. The standard InChI is InChI=1S/C11H16N2O4S2/c1-19(16,17)10-7-9(13(14)15)11(18-10)12-8-5-3-2-4-6-8/h7-8,12H,2-6H2,1H3. The second kappa shape index (κ2) is 5.46. The average molecular weight is 304 g/mol. The molecule has 106 valence electrons. The van der Waals surface area contributed by atoms with Crippen molar-refractivity contribution in [1.29, 1.82) is 0 Å². The summed E-state index contributed by atoms with van der Waals surface area (Å²) in [7, 11) is -3.40. The number of sulfone groups is 1. The molecule has 1 N–H and O–H groups in total. The molecule has 0 saturated heterocycles. The molecule has 0 atom stereocenters. The first-order valence-electron chi connectivity index (χ1n) is 6.13. The molecule has 1 heterocycles. The van der Waals surface area contributed by atoms with Gasteiger partial charge in [-0.05, 0) is 12.8 Å². The van der Waals surface area contributed by atoms with E-state index in [1.807, 2.05) is 0 Å². The molecule has 6 nitrogen and oxygen atoms in total. The van der Waals surface area contributed by atoms with Crippen LogP contribution in [0.25, 0.3) is 0 Å². The van der Waals surface area contributed by atoms with Gasteiger partial charge in [0.25, 0.3) is 0 Å². The van der Waals surface area contributed by atoms with Crippen LogP contribution in [0, 0.1) is 10.1 Å². The fourth-order valence-electron chi connectivity index (χ4n) is 2.21. The lowest BCUT2D eigenvalue weighted by molar-refractivity contribution is -0.383. The van der Waals surface area contributed by atoms with Crippen molar-refractivity contribution in [2.24, 2.45) is 0 Å². The predicted octanol–water partition coefficient (Wildman–Crippen LogP) is 2.80. The maximum absolute atomic E-state index is 11.5. The van der Waals surface area contributed by atoms with Crippen LogP contribution in [-0.2, 0) is 9.84 Å². The zero-order chi connectivity index (χ0) is 14.0. The Balaban J connectivity index is 2.27. The van der Waals surface area contributed by atoms with Crippen LogP contribution in [0.1, 0.15) is 32.1 Å². The number of rotatable bonds is 4. The lowest BCUT2D eigenvalue weighted by Crippen LogP contribution is -2.21. The Bertz CT molecular complexity index is 574. The molecular weight excluding hydrogens is 288 g/mol.